The van der Waals surface area contributed by atoms with Gasteiger partial charge in [0.1, 0.15) is 6.54 Å². The highest BCUT2D eigenvalue weighted by Crippen LogP contribution is 1.85. The first-order chi connectivity index (χ1) is 7.99. The summed E-state index contributed by atoms with van der Waals surface area (Å²) in [6, 6.07) is 6.17. The molecule has 1 aromatic rings. The first kappa shape index (κ1) is 16.0. The Balaban J connectivity index is 0.000000325. The van der Waals surface area contributed by atoms with Crippen LogP contribution in [0, 0.1) is 0 Å². The maximum atomic E-state index is 9.45. The average Bonchev–Trinajstić information content (AvgIpc) is 2.27. The van der Waals surface area contributed by atoms with Crippen LogP contribution >= 0.6 is 0 Å². The summed E-state index contributed by atoms with van der Waals surface area (Å²) >= 11 is 0. The van der Waals surface area contributed by atoms with Crippen LogP contribution in [0.1, 0.15) is 26.7 Å². The molecule has 0 aliphatic carbocycles. The van der Waals surface area contributed by atoms with Gasteiger partial charge in [0.15, 0.2) is 12.4 Å². The van der Waals surface area contributed by atoms with Crippen LogP contribution in [0.15, 0.2) is 30.6 Å². The van der Waals surface area contributed by atoms with E-state index in [2.05, 4.69) is 40.2 Å². The zero-order valence-electron chi connectivity index (χ0n) is 10.2. The van der Waals surface area contributed by atoms with E-state index in [1.54, 1.807) is 0 Å². The maximum Gasteiger partial charge on any atom is 0.217 e. The molecule has 0 bridgehead atoms. The number of nitrogens with zero attached hydrogens (tertiary/aromatic N) is 1. The standard InChI is InChI=1S/C9H14N.C2H6O4S/c1-2-3-7-10-8-5-4-6-9-10;1-2-6-7(3,4)5/h4-6,8-9H,2-3,7H2,1H3;2H2,1H3,(H,3,4,5)/q+1;/p-1. The lowest BCUT2D eigenvalue weighted by Crippen LogP contribution is -2.31. The highest BCUT2D eigenvalue weighted by atomic mass is 32.3. The Labute approximate surface area is 103 Å². The zero-order valence-corrected chi connectivity index (χ0v) is 11.0. The van der Waals surface area contributed by atoms with Crippen LogP contribution in [-0.2, 0) is 21.1 Å². The molecule has 1 aromatic heterocycles. The second kappa shape index (κ2) is 9.09. The van der Waals surface area contributed by atoms with E-state index in [0.29, 0.717) is 0 Å². The number of hydrogen-bond acceptors (Lipinski definition) is 4. The van der Waals surface area contributed by atoms with E-state index >= 15 is 0 Å². The molecule has 0 atom stereocenters. The molecule has 17 heavy (non-hydrogen) atoms. The maximum absolute atomic E-state index is 9.45. The van der Waals surface area contributed by atoms with Crippen LogP contribution in [0.25, 0.3) is 0 Å². The van der Waals surface area contributed by atoms with Crippen molar-refractivity contribution in [2.75, 3.05) is 6.61 Å². The molecule has 0 amide bonds. The van der Waals surface area contributed by atoms with Gasteiger partial charge in [-0.15, -0.1) is 0 Å². The summed E-state index contributed by atoms with van der Waals surface area (Å²) in [5, 5.41) is 0. The summed E-state index contributed by atoms with van der Waals surface area (Å²) in [6.07, 6.45) is 6.75. The molecule has 0 aliphatic heterocycles. The predicted molar refractivity (Wildman–Crippen MR) is 62.9 cm³/mol. The van der Waals surface area contributed by atoms with Gasteiger partial charge in [-0.1, -0.05) is 19.4 Å². The normalized spacial score (nSPS) is 10.5. The van der Waals surface area contributed by atoms with Gasteiger partial charge in [-0.05, 0) is 6.92 Å². The summed E-state index contributed by atoms with van der Waals surface area (Å²) in [5.74, 6) is 0. The molecule has 0 aromatic carbocycles. The van der Waals surface area contributed by atoms with Gasteiger partial charge < -0.3 is 4.55 Å². The molecule has 5 nitrogen and oxygen atoms in total. The van der Waals surface area contributed by atoms with Crippen molar-refractivity contribution in [2.45, 2.75) is 33.2 Å². The fourth-order valence-electron chi connectivity index (χ4n) is 1.07. The van der Waals surface area contributed by atoms with Gasteiger partial charge in [0, 0.05) is 18.6 Å². The van der Waals surface area contributed by atoms with Crippen molar-refractivity contribution in [3.05, 3.63) is 30.6 Å². The van der Waals surface area contributed by atoms with Crippen LogP contribution in [0.5, 0.6) is 0 Å². The Morgan fingerprint density at radius 2 is 1.76 bits per heavy atom. The first-order valence-electron chi connectivity index (χ1n) is 5.54. The molecular formula is C11H19NO4S. The van der Waals surface area contributed by atoms with Gasteiger partial charge in [-0.3, -0.25) is 4.18 Å². The molecule has 0 radical (unpaired) electrons. The summed E-state index contributed by atoms with van der Waals surface area (Å²) < 4.78 is 34.2. The second-order valence-corrected chi connectivity index (χ2v) is 4.33. The van der Waals surface area contributed by atoms with Crippen LogP contribution in [0.4, 0.5) is 0 Å². The van der Waals surface area contributed by atoms with Gasteiger partial charge in [0.2, 0.25) is 10.4 Å². The van der Waals surface area contributed by atoms with E-state index in [1.807, 2.05) is 6.07 Å². The lowest BCUT2D eigenvalue weighted by molar-refractivity contribution is -0.697. The van der Waals surface area contributed by atoms with E-state index in [1.165, 1.54) is 19.8 Å². The number of hydrogen-bond donors (Lipinski definition) is 0. The zero-order chi connectivity index (χ0) is 13.1. The van der Waals surface area contributed by atoms with E-state index in [-0.39, 0.29) is 6.61 Å². The topological polar surface area (TPSA) is 70.3 Å². The SMILES string of the molecule is CCCC[n+]1ccccc1.CCOS(=O)(=O)[O-]. The molecule has 0 unspecified atom stereocenters. The Morgan fingerprint density at radius 3 is 2.12 bits per heavy atom. The van der Waals surface area contributed by atoms with Crippen LogP contribution in [0.3, 0.4) is 0 Å². The van der Waals surface area contributed by atoms with Gasteiger partial charge >= 0.3 is 0 Å². The van der Waals surface area contributed by atoms with E-state index < -0.39 is 10.4 Å². The van der Waals surface area contributed by atoms with E-state index in [0.717, 1.165) is 6.54 Å². The smallest absolute Gasteiger partial charge is 0.217 e. The molecule has 98 valence electrons. The summed E-state index contributed by atoms with van der Waals surface area (Å²) in [5.41, 5.74) is 0. The predicted octanol–water partition coefficient (Wildman–Crippen LogP) is 1.26. The number of aromatic nitrogens is 1. The lowest BCUT2D eigenvalue weighted by atomic mass is 10.3. The van der Waals surface area contributed by atoms with Gasteiger partial charge in [-0.2, -0.15) is 0 Å². The lowest BCUT2D eigenvalue weighted by Gasteiger charge is -2.02. The number of rotatable bonds is 5. The molecule has 1 rings (SSSR count). The van der Waals surface area contributed by atoms with Crippen molar-refractivity contribution in [3.8, 4) is 0 Å². The highest BCUT2D eigenvalue weighted by molar-refractivity contribution is 7.80. The summed E-state index contributed by atoms with van der Waals surface area (Å²) in [4.78, 5) is 0. The molecule has 0 aliphatic rings. The quantitative estimate of drug-likeness (QED) is 0.454. The largest absolute Gasteiger partial charge is 0.726 e. The molecular weight excluding hydrogens is 242 g/mol. The average molecular weight is 261 g/mol. The van der Waals surface area contributed by atoms with Crippen LogP contribution in [0.2, 0.25) is 0 Å². The summed E-state index contributed by atoms with van der Waals surface area (Å²) in [6.45, 7) is 4.70. The Kier molecular flexibility index (Phi) is 8.57. The van der Waals surface area contributed by atoms with Crippen molar-refractivity contribution in [1.82, 2.24) is 0 Å². The number of aryl methyl sites for hydroxylation is 1. The highest BCUT2D eigenvalue weighted by Gasteiger charge is 1.93. The summed E-state index contributed by atoms with van der Waals surface area (Å²) in [7, 11) is -4.42. The molecule has 0 saturated carbocycles. The number of unbranched alkanes of at least 4 members (excludes halogenated alkanes) is 1. The minimum atomic E-state index is -4.42. The molecule has 0 saturated heterocycles. The van der Waals surface area contributed by atoms with Gasteiger partial charge in [-0.25, -0.2) is 13.0 Å². The minimum absolute atomic E-state index is 0.0914. The Morgan fingerprint density at radius 1 is 1.18 bits per heavy atom. The molecule has 6 heteroatoms. The van der Waals surface area contributed by atoms with Crippen molar-refractivity contribution in [3.63, 3.8) is 0 Å². The van der Waals surface area contributed by atoms with Gasteiger partial charge in [0.25, 0.3) is 0 Å². The van der Waals surface area contributed by atoms with Crippen molar-refractivity contribution in [2.24, 2.45) is 0 Å². The third-order valence-corrected chi connectivity index (χ3v) is 2.33. The second-order valence-electron chi connectivity index (χ2n) is 3.28. The monoisotopic (exact) mass is 261 g/mol. The first-order valence-corrected chi connectivity index (χ1v) is 6.87. The molecule has 0 fully saturated rings. The fraction of sp³-hybridized carbons (Fsp3) is 0.545. The third kappa shape index (κ3) is 11.3. The Bertz CT molecular complexity index is 378. The van der Waals surface area contributed by atoms with Crippen molar-refractivity contribution >= 4 is 10.4 Å². The van der Waals surface area contributed by atoms with Crippen LogP contribution in [-0.4, -0.2) is 19.6 Å². The van der Waals surface area contributed by atoms with E-state index in [9.17, 15) is 13.0 Å². The fourth-order valence-corrected chi connectivity index (χ4v) is 1.36. The van der Waals surface area contributed by atoms with Crippen LogP contribution < -0.4 is 4.57 Å². The number of pyridine rings is 1. The molecule has 0 N–H and O–H groups in total. The van der Waals surface area contributed by atoms with E-state index in [4.69, 9.17) is 0 Å². The Hall–Kier alpha value is -0.980. The minimum Gasteiger partial charge on any atom is -0.726 e. The molecule has 0 spiro atoms. The van der Waals surface area contributed by atoms with Crippen molar-refractivity contribution in [1.29, 1.82) is 0 Å². The molecule has 1 heterocycles. The van der Waals surface area contributed by atoms with Gasteiger partial charge in [0.05, 0.1) is 6.61 Å². The van der Waals surface area contributed by atoms with Crippen molar-refractivity contribution < 1.29 is 21.7 Å². The third-order valence-electron chi connectivity index (χ3n) is 1.81.